The highest BCUT2D eigenvalue weighted by Crippen LogP contribution is 2.28. The molecular formula is C27H28N6OS. The Hall–Kier alpha value is -3.62. The van der Waals surface area contributed by atoms with Gasteiger partial charge in [-0.2, -0.15) is 0 Å². The van der Waals surface area contributed by atoms with Gasteiger partial charge >= 0.3 is 0 Å². The predicted molar refractivity (Wildman–Crippen MR) is 139 cm³/mol. The van der Waals surface area contributed by atoms with Crippen LogP contribution in [0.3, 0.4) is 0 Å². The van der Waals surface area contributed by atoms with Crippen molar-refractivity contribution >= 4 is 22.2 Å². The molecule has 5 rings (SSSR count). The molecule has 0 aliphatic rings. The number of thiophene rings is 1. The van der Waals surface area contributed by atoms with E-state index in [9.17, 15) is 4.79 Å². The second kappa shape index (κ2) is 10.3. The molecule has 8 heteroatoms. The molecule has 0 saturated carbocycles. The molecule has 0 spiro atoms. The van der Waals surface area contributed by atoms with Gasteiger partial charge in [0.2, 0.25) is 0 Å². The highest BCUT2D eigenvalue weighted by molar-refractivity contribution is 7.09. The quantitative estimate of drug-likeness (QED) is 0.315. The van der Waals surface area contributed by atoms with Gasteiger partial charge in [0.15, 0.2) is 5.82 Å². The van der Waals surface area contributed by atoms with E-state index in [0.717, 1.165) is 39.8 Å². The van der Waals surface area contributed by atoms with Crippen LogP contribution < -0.4 is 5.56 Å². The molecule has 3 aromatic heterocycles. The zero-order chi connectivity index (χ0) is 24.2. The normalized spacial score (nSPS) is 12.4. The number of rotatable bonds is 9. The Morgan fingerprint density at radius 1 is 1.06 bits per heavy atom. The maximum atomic E-state index is 13.0. The summed E-state index contributed by atoms with van der Waals surface area (Å²) in [5.41, 5.74) is 3.84. The minimum Gasteiger partial charge on any atom is -0.322 e. The Balaban J connectivity index is 1.51. The molecule has 5 aromatic rings. The summed E-state index contributed by atoms with van der Waals surface area (Å²) in [5.74, 6) is 0.806. The van der Waals surface area contributed by atoms with Crippen molar-refractivity contribution in [1.29, 1.82) is 0 Å². The number of pyridine rings is 1. The SMILES string of the molecule is CC[C@H](c1nnnn1Cc1ccccc1)N(Cc1cccs1)Cc1cc2cc(C)ccc2[nH]c1=O. The molecule has 2 aromatic carbocycles. The third-order valence-electron chi connectivity index (χ3n) is 6.25. The van der Waals surface area contributed by atoms with Crippen molar-refractivity contribution in [2.24, 2.45) is 0 Å². The molecule has 0 saturated heterocycles. The van der Waals surface area contributed by atoms with Gasteiger partial charge in [-0.3, -0.25) is 9.69 Å². The van der Waals surface area contributed by atoms with Gasteiger partial charge in [-0.25, -0.2) is 4.68 Å². The minimum absolute atomic E-state index is 0.0524. The molecule has 1 N–H and O–H groups in total. The zero-order valence-electron chi connectivity index (χ0n) is 19.9. The first-order valence-corrected chi connectivity index (χ1v) is 12.7. The Bertz CT molecular complexity index is 1460. The van der Waals surface area contributed by atoms with E-state index in [1.165, 1.54) is 4.88 Å². The van der Waals surface area contributed by atoms with Crippen LogP contribution in [0.25, 0.3) is 10.9 Å². The number of tetrazole rings is 1. The highest BCUT2D eigenvalue weighted by atomic mass is 32.1. The third kappa shape index (κ3) is 5.23. The van der Waals surface area contributed by atoms with Crippen molar-refractivity contribution < 1.29 is 0 Å². The van der Waals surface area contributed by atoms with E-state index in [1.807, 2.05) is 41.1 Å². The van der Waals surface area contributed by atoms with Crippen molar-refractivity contribution in [3.8, 4) is 0 Å². The monoisotopic (exact) mass is 484 g/mol. The fourth-order valence-corrected chi connectivity index (χ4v) is 5.24. The lowest BCUT2D eigenvalue weighted by Crippen LogP contribution is -2.32. The van der Waals surface area contributed by atoms with Crippen LogP contribution in [-0.4, -0.2) is 30.1 Å². The Kier molecular flexibility index (Phi) is 6.83. The van der Waals surface area contributed by atoms with Crippen LogP contribution in [0.5, 0.6) is 0 Å². The van der Waals surface area contributed by atoms with Crippen molar-refractivity contribution in [2.75, 3.05) is 0 Å². The molecule has 3 heterocycles. The molecular weight excluding hydrogens is 456 g/mol. The number of hydrogen-bond donors (Lipinski definition) is 1. The second-order valence-corrected chi connectivity index (χ2v) is 9.84. The zero-order valence-corrected chi connectivity index (χ0v) is 20.7. The van der Waals surface area contributed by atoms with Gasteiger partial charge in [0.05, 0.1) is 12.6 Å². The summed E-state index contributed by atoms with van der Waals surface area (Å²) in [6.45, 7) is 6.00. The number of aromatic amines is 1. The maximum Gasteiger partial charge on any atom is 0.252 e. The first-order valence-electron chi connectivity index (χ1n) is 11.8. The molecule has 0 unspecified atom stereocenters. The average Bonchev–Trinajstić information content (AvgIpc) is 3.54. The summed E-state index contributed by atoms with van der Waals surface area (Å²) in [5, 5.41) is 15.9. The Morgan fingerprint density at radius 2 is 1.91 bits per heavy atom. The maximum absolute atomic E-state index is 13.0. The van der Waals surface area contributed by atoms with E-state index < -0.39 is 0 Å². The standard InChI is InChI=1S/C27H28N6OS/c1-3-25(26-29-30-31-33(26)16-20-8-5-4-6-9-20)32(18-23-10-7-13-35-23)17-22-15-21-14-19(2)11-12-24(21)28-27(22)34/h4-15,25H,3,16-18H2,1-2H3,(H,28,34)/t25-/m1/s1. The lowest BCUT2D eigenvalue weighted by Gasteiger charge is -2.30. The lowest BCUT2D eigenvalue weighted by molar-refractivity contribution is 0.163. The number of fused-ring (bicyclic) bond motifs is 1. The molecule has 0 amide bonds. The van der Waals surface area contributed by atoms with Crippen molar-refractivity contribution in [3.05, 3.63) is 110 Å². The summed E-state index contributed by atoms with van der Waals surface area (Å²) >= 11 is 1.72. The first kappa shape index (κ1) is 23.1. The first-order chi connectivity index (χ1) is 17.1. The lowest BCUT2D eigenvalue weighted by atomic mass is 10.1. The second-order valence-electron chi connectivity index (χ2n) is 8.80. The van der Waals surface area contributed by atoms with Gasteiger partial charge in [0.1, 0.15) is 0 Å². The van der Waals surface area contributed by atoms with Gasteiger partial charge in [0, 0.05) is 29.0 Å². The summed E-state index contributed by atoms with van der Waals surface area (Å²) in [4.78, 5) is 19.6. The van der Waals surface area contributed by atoms with Crippen LogP contribution >= 0.6 is 11.3 Å². The van der Waals surface area contributed by atoms with Crippen molar-refractivity contribution in [3.63, 3.8) is 0 Å². The van der Waals surface area contributed by atoms with Gasteiger partial charge in [-0.1, -0.05) is 55.0 Å². The van der Waals surface area contributed by atoms with Crippen molar-refractivity contribution in [2.45, 2.75) is 45.9 Å². The largest absolute Gasteiger partial charge is 0.322 e. The van der Waals surface area contributed by atoms with E-state index in [2.05, 4.69) is 75.0 Å². The molecule has 35 heavy (non-hydrogen) atoms. The Morgan fingerprint density at radius 3 is 2.69 bits per heavy atom. The van der Waals surface area contributed by atoms with E-state index >= 15 is 0 Å². The molecule has 0 radical (unpaired) electrons. The number of aromatic nitrogens is 5. The van der Waals surface area contributed by atoms with Gasteiger partial charge < -0.3 is 4.98 Å². The molecule has 178 valence electrons. The summed E-state index contributed by atoms with van der Waals surface area (Å²) in [6, 6.07) is 22.4. The fourth-order valence-electron chi connectivity index (χ4n) is 4.51. The fraction of sp³-hybridized carbons (Fsp3) is 0.259. The smallest absolute Gasteiger partial charge is 0.252 e. The van der Waals surface area contributed by atoms with Crippen LogP contribution in [0.4, 0.5) is 0 Å². The number of nitrogens with zero attached hydrogens (tertiary/aromatic N) is 5. The number of hydrogen-bond acceptors (Lipinski definition) is 6. The van der Waals surface area contributed by atoms with E-state index in [0.29, 0.717) is 19.6 Å². The molecule has 0 aliphatic carbocycles. The molecule has 0 bridgehead atoms. The molecule has 0 aliphatic heterocycles. The van der Waals surface area contributed by atoms with E-state index in [-0.39, 0.29) is 11.6 Å². The minimum atomic E-state index is -0.0590. The number of benzene rings is 2. The Labute approximate surface area is 208 Å². The van der Waals surface area contributed by atoms with Gasteiger partial charge in [0.25, 0.3) is 5.56 Å². The molecule has 1 atom stereocenters. The number of aryl methyl sites for hydroxylation is 1. The van der Waals surface area contributed by atoms with Crippen LogP contribution in [0, 0.1) is 6.92 Å². The van der Waals surface area contributed by atoms with Gasteiger partial charge in [-0.15, -0.1) is 16.4 Å². The number of H-pyrrole nitrogens is 1. The third-order valence-corrected chi connectivity index (χ3v) is 7.11. The van der Waals surface area contributed by atoms with Crippen LogP contribution in [-0.2, 0) is 19.6 Å². The molecule has 7 nitrogen and oxygen atoms in total. The highest BCUT2D eigenvalue weighted by Gasteiger charge is 2.26. The predicted octanol–water partition coefficient (Wildman–Crippen LogP) is 5.09. The summed E-state index contributed by atoms with van der Waals surface area (Å²) in [7, 11) is 0. The summed E-state index contributed by atoms with van der Waals surface area (Å²) < 4.78 is 1.87. The topological polar surface area (TPSA) is 79.7 Å². The summed E-state index contributed by atoms with van der Waals surface area (Å²) in [6.07, 6.45) is 0.811. The van der Waals surface area contributed by atoms with Crippen LogP contribution in [0.2, 0.25) is 0 Å². The average molecular weight is 485 g/mol. The van der Waals surface area contributed by atoms with Gasteiger partial charge in [-0.05, 0) is 64.4 Å². The van der Waals surface area contributed by atoms with Crippen LogP contribution in [0.15, 0.2) is 76.9 Å². The van der Waals surface area contributed by atoms with E-state index in [1.54, 1.807) is 11.3 Å². The number of nitrogens with one attached hydrogen (secondary N) is 1. The molecule has 0 fully saturated rings. The van der Waals surface area contributed by atoms with Crippen molar-refractivity contribution in [1.82, 2.24) is 30.1 Å². The van der Waals surface area contributed by atoms with Crippen LogP contribution in [0.1, 0.15) is 46.8 Å². The van der Waals surface area contributed by atoms with E-state index in [4.69, 9.17) is 0 Å².